The van der Waals surface area contributed by atoms with Crippen molar-refractivity contribution in [3.63, 3.8) is 0 Å². The van der Waals surface area contributed by atoms with Crippen LogP contribution in [0.1, 0.15) is 24.0 Å². The van der Waals surface area contributed by atoms with Gasteiger partial charge in [0.15, 0.2) is 0 Å². The lowest BCUT2D eigenvalue weighted by atomic mass is 10.1. The Morgan fingerprint density at radius 3 is 2.53 bits per heavy atom. The van der Waals surface area contributed by atoms with E-state index in [9.17, 15) is 8.42 Å². The number of hydrogen-bond donors (Lipinski definition) is 1. The molecule has 0 radical (unpaired) electrons. The van der Waals surface area contributed by atoms with Crippen LogP contribution in [0.4, 0.5) is 0 Å². The third kappa shape index (κ3) is 3.78. The highest BCUT2D eigenvalue weighted by molar-refractivity contribution is 7.89. The smallest absolute Gasteiger partial charge is 0.240 e. The van der Waals surface area contributed by atoms with Crippen molar-refractivity contribution < 1.29 is 8.42 Å². The van der Waals surface area contributed by atoms with Crippen LogP contribution in [-0.2, 0) is 10.0 Å². The van der Waals surface area contributed by atoms with E-state index >= 15 is 0 Å². The van der Waals surface area contributed by atoms with Crippen LogP contribution >= 0.6 is 0 Å². The first-order valence-corrected chi connectivity index (χ1v) is 8.15. The minimum Gasteiger partial charge on any atom is -0.302 e. The van der Waals surface area contributed by atoms with Gasteiger partial charge in [-0.05, 0) is 57.0 Å². The highest BCUT2D eigenvalue weighted by Gasteiger charge is 2.25. The monoisotopic (exact) mass is 282 g/mol. The topological polar surface area (TPSA) is 49.4 Å². The van der Waals surface area contributed by atoms with Gasteiger partial charge in [0.05, 0.1) is 4.90 Å². The largest absolute Gasteiger partial charge is 0.302 e. The molecule has 0 unspecified atom stereocenters. The molecule has 1 aromatic carbocycles. The summed E-state index contributed by atoms with van der Waals surface area (Å²) >= 11 is 0. The molecule has 0 spiro atoms. The van der Waals surface area contributed by atoms with Gasteiger partial charge in [-0.2, -0.15) is 0 Å². The number of aryl methyl sites for hydroxylation is 2. The van der Waals surface area contributed by atoms with Crippen LogP contribution < -0.4 is 4.72 Å². The molecule has 0 atom stereocenters. The maximum atomic E-state index is 12.1. The van der Waals surface area contributed by atoms with Gasteiger partial charge >= 0.3 is 0 Å². The van der Waals surface area contributed by atoms with E-state index in [-0.39, 0.29) is 0 Å². The van der Waals surface area contributed by atoms with Crippen molar-refractivity contribution in [2.75, 3.05) is 20.1 Å². The molecule has 2 rings (SSSR count). The number of benzene rings is 1. The normalized spacial score (nSPS) is 16.0. The van der Waals surface area contributed by atoms with Crippen molar-refractivity contribution in [2.45, 2.75) is 37.6 Å². The van der Waals surface area contributed by atoms with E-state index < -0.39 is 10.0 Å². The second-order valence-corrected chi connectivity index (χ2v) is 7.12. The zero-order chi connectivity index (χ0) is 14.0. The maximum Gasteiger partial charge on any atom is 0.240 e. The Kier molecular flexibility index (Phi) is 4.28. The Bertz CT molecular complexity index is 551. The van der Waals surface area contributed by atoms with Crippen molar-refractivity contribution in [2.24, 2.45) is 0 Å². The molecule has 0 aromatic heterocycles. The van der Waals surface area contributed by atoms with E-state index in [1.54, 1.807) is 12.1 Å². The summed E-state index contributed by atoms with van der Waals surface area (Å²) in [5, 5.41) is 0. The molecule has 19 heavy (non-hydrogen) atoms. The lowest BCUT2D eigenvalue weighted by Gasteiger charge is -2.16. The van der Waals surface area contributed by atoms with Crippen LogP contribution in [0.25, 0.3) is 0 Å². The van der Waals surface area contributed by atoms with E-state index in [1.165, 1.54) is 12.8 Å². The predicted octanol–water partition coefficient (Wildman–Crippen LogP) is 1.68. The number of rotatable bonds is 6. The van der Waals surface area contributed by atoms with Crippen LogP contribution in [0.2, 0.25) is 0 Å². The molecular formula is C14H22N2O2S. The summed E-state index contributed by atoms with van der Waals surface area (Å²) in [6.45, 7) is 5.12. The Balaban J connectivity index is 1.95. The molecule has 1 aliphatic carbocycles. The fraction of sp³-hybridized carbons (Fsp3) is 0.571. The second kappa shape index (κ2) is 5.61. The molecule has 1 aromatic rings. The van der Waals surface area contributed by atoms with Gasteiger partial charge in [0, 0.05) is 19.1 Å². The Morgan fingerprint density at radius 1 is 1.26 bits per heavy atom. The summed E-state index contributed by atoms with van der Waals surface area (Å²) in [4.78, 5) is 2.56. The van der Waals surface area contributed by atoms with Crippen molar-refractivity contribution >= 4 is 10.0 Å². The molecule has 1 N–H and O–H groups in total. The quantitative estimate of drug-likeness (QED) is 0.863. The SMILES string of the molecule is Cc1ccc(S(=O)(=O)NCCN(C)C2CC2)cc1C. The van der Waals surface area contributed by atoms with Gasteiger partial charge in [0.25, 0.3) is 0 Å². The zero-order valence-electron chi connectivity index (χ0n) is 11.8. The highest BCUT2D eigenvalue weighted by Crippen LogP contribution is 2.24. The maximum absolute atomic E-state index is 12.1. The number of nitrogens with zero attached hydrogens (tertiary/aromatic N) is 1. The average Bonchev–Trinajstić information content (AvgIpc) is 3.16. The van der Waals surface area contributed by atoms with Gasteiger partial charge in [-0.3, -0.25) is 0 Å². The summed E-state index contributed by atoms with van der Waals surface area (Å²) in [6, 6.07) is 5.89. The van der Waals surface area contributed by atoms with Crippen molar-refractivity contribution in [3.05, 3.63) is 29.3 Å². The summed E-state index contributed by atoms with van der Waals surface area (Å²) < 4.78 is 26.9. The van der Waals surface area contributed by atoms with Gasteiger partial charge in [0.1, 0.15) is 0 Å². The van der Waals surface area contributed by atoms with Gasteiger partial charge in [-0.1, -0.05) is 6.07 Å². The molecule has 0 saturated heterocycles. The van der Waals surface area contributed by atoms with Crippen molar-refractivity contribution in [1.82, 2.24) is 9.62 Å². The molecule has 1 aliphatic rings. The van der Waals surface area contributed by atoms with Gasteiger partial charge in [0.2, 0.25) is 10.0 Å². The molecule has 0 aliphatic heterocycles. The van der Waals surface area contributed by atoms with Crippen LogP contribution in [0.3, 0.4) is 0 Å². The van der Waals surface area contributed by atoms with Crippen molar-refractivity contribution in [1.29, 1.82) is 0 Å². The molecule has 0 bridgehead atoms. The molecule has 4 nitrogen and oxygen atoms in total. The minimum absolute atomic E-state index is 0.352. The first kappa shape index (κ1) is 14.5. The predicted molar refractivity (Wildman–Crippen MR) is 76.8 cm³/mol. The first-order chi connectivity index (χ1) is 8.90. The Morgan fingerprint density at radius 2 is 1.95 bits per heavy atom. The van der Waals surface area contributed by atoms with Gasteiger partial charge in [-0.25, -0.2) is 13.1 Å². The lowest BCUT2D eigenvalue weighted by molar-refractivity contribution is 0.329. The number of likely N-dealkylation sites (N-methyl/N-ethyl adjacent to an activating group) is 1. The summed E-state index contributed by atoms with van der Waals surface area (Å²) in [5.74, 6) is 0. The first-order valence-electron chi connectivity index (χ1n) is 6.67. The van der Waals surface area contributed by atoms with E-state index in [2.05, 4.69) is 9.62 Å². The molecule has 5 heteroatoms. The molecular weight excluding hydrogens is 260 g/mol. The van der Waals surface area contributed by atoms with Crippen LogP contribution in [0.15, 0.2) is 23.1 Å². The third-order valence-corrected chi connectivity index (χ3v) is 5.17. The van der Waals surface area contributed by atoms with E-state index in [0.717, 1.165) is 17.7 Å². The molecule has 0 amide bonds. The molecule has 1 saturated carbocycles. The van der Waals surface area contributed by atoms with E-state index in [0.29, 0.717) is 17.5 Å². The second-order valence-electron chi connectivity index (χ2n) is 5.36. The average molecular weight is 282 g/mol. The fourth-order valence-corrected chi connectivity index (χ4v) is 3.12. The van der Waals surface area contributed by atoms with Crippen LogP contribution in [0, 0.1) is 13.8 Å². The summed E-state index contributed by atoms with van der Waals surface area (Å²) in [5.41, 5.74) is 2.10. The minimum atomic E-state index is -3.38. The third-order valence-electron chi connectivity index (χ3n) is 3.72. The Hall–Kier alpha value is -0.910. The molecule has 0 heterocycles. The zero-order valence-corrected chi connectivity index (χ0v) is 12.6. The number of nitrogens with one attached hydrogen (secondary N) is 1. The van der Waals surface area contributed by atoms with E-state index in [1.807, 2.05) is 27.0 Å². The standard InChI is InChI=1S/C14H22N2O2S/c1-11-4-7-14(10-12(11)2)19(17,18)15-8-9-16(3)13-5-6-13/h4,7,10,13,15H,5-6,8-9H2,1-3H3. The van der Waals surface area contributed by atoms with Crippen LogP contribution in [0.5, 0.6) is 0 Å². The number of hydrogen-bond acceptors (Lipinski definition) is 3. The lowest BCUT2D eigenvalue weighted by Crippen LogP contribution is -2.34. The molecule has 106 valence electrons. The summed E-state index contributed by atoms with van der Waals surface area (Å²) in [7, 11) is -1.33. The van der Waals surface area contributed by atoms with Gasteiger partial charge < -0.3 is 4.90 Å². The fourth-order valence-electron chi connectivity index (χ4n) is 2.02. The highest BCUT2D eigenvalue weighted by atomic mass is 32.2. The Labute approximate surface area is 115 Å². The number of sulfonamides is 1. The van der Waals surface area contributed by atoms with Crippen LogP contribution in [-0.4, -0.2) is 39.5 Å². The molecule has 1 fully saturated rings. The summed E-state index contributed by atoms with van der Waals surface area (Å²) in [6.07, 6.45) is 2.47. The van der Waals surface area contributed by atoms with Gasteiger partial charge in [-0.15, -0.1) is 0 Å². The van der Waals surface area contributed by atoms with E-state index in [4.69, 9.17) is 0 Å². The van der Waals surface area contributed by atoms with Crippen molar-refractivity contribution in [3.8, 4) is 0 Å².